The van der Waals surface area contributed by atoms with Gasteiger partial charge in [0.25, 0.3) is 5.56 Å². The molecule has 2 aromatic rings. The monoisotopic (exact) mass is 340 g/mol. The van der Waals surface area contributed by atoms with Crippen LogP contribution in [0.2, 0.25) is 0 Å². The fourth-order valence-electron chi connectivity index (χ4n) is 2.41. The minimum atomic E-state index is -0.484. The Morgan fingerprint density at radius 2 is 2.00 bits per heavy atom. The number of nitrogens with zero attached hydrogens (tertiary/aromatic N) is 4. The first-order valence-corrected chi connectivity index (χ1v) is 7.84. The zero-order valence-corrected chi connectivity index (χ0v) is 14.5. The van der Waals surface area contributed by atoms with E-state index in [9.17, 15) is 15.2 Å². The molecule has 0 saturated carbocycles. The number of rotatable bonds is 6. The van der Waals surface area contributed by atoms with Crippen LogP contribution < -0.4 is 5.56 Å². The number of benzene rings is 1. The Morgan fingerprint density at radius 1 is 1.28 bits per heavy atom. The van der Waals surface area contributed by atoms with Gasteiger partial charge in [-0.2, -0.15) is 10.4 Å². The summed E-state index contributed by atoms with van der Waals surface area (Å²) in [5.74, 6) is -0.351. The van der Waals surface area contributed by atoms with Crippen LogP contribution in [0.5, 0.6) is 5.88 Å². The third-order valence-electron chi connectivity index (χ3n) is 3.87. The van der Waals surface area contributed by atoms with Crippen LogP contribution in [0.15, 0.2) is 39.3 Å². The summed E-state index contributed by atoms with van der Waals surface area (Å²) >= 11 is 0. The Kier molecular flexibility index (Phi) is 6.03. The molecule has 0 atom stereocenters. The highest BCUT2D eigenvalue weighted by atomic mass is 16.5. The van der Waals surface area contributed by atoms with E-state index in [1.165, 1.54) is 0 Å². The molecule has 25 heavy (non-hydrogen) atoms. The van der Waals surface area contributed by atoms with Gasteiger partial charge in [-0.05, 0) is 31.9 Å². The van der Waals surface area contributed by atoms with Crippen molar-refractivity contribution in [3.05, 3.63) is 51.3 Å². The van der Waals surface area contributed by atoms with E-state index in [1.807, 2.05) is 31.2 Å². The first-order valence-electron chi connectivity index (χ1n) is 7.84. The summed E-state index contributed by atoms with van der Waals surface area (Å²) in [6.07, 6.45) is 0.520. The Bertz CT molecular complexity index is 894. The number of pyridine rings is 1. The first kappa shape index (κ1) is 18.4. The van der Waals surface area contributed by atoms with Crippen LogP contribution in [0.25, 0.3) is 0 Å². The topological polar surface area (TPSA) is 100.0 Å². The van der Waals surface area contributed by atoms with Crippen LogP contribution in [0, 0.1) is 25.2 Å². The lowest BCUT2D eigenvalue weighted by Crippen LogP contribution is -2.22. The standard InChI is InChI=1S/C18H20N4O3/c1-12-7-4-5-8-15(12)20-21-16-13(2)14(11-19)17(23)22(18(16)24)9-6-10-25-3/h4-5,7-8,23H,6,9-10H2,1-3H3. The lowest BCUT2D eigenvalue weighted by atomic mass is 10.1. The number of azo groups is 1. The van der Waals surface area contributed by atoms with Gasteiger partial charge in [0.1, 0.15) is 11.6 Å². The van der Waals surface area contributed by atoms with E-state index in [0.29, 0.717) is 24.3 Å². The van der Waals surface area contributed by atoms with E-state index in [1.54, 1.807) is 20.1 Å². The summed E-state index contributed by atoms with van der Waals surface area (Å²) in [7, 11) is 1.56. The number of aromatic hydroxyl groups is 1. The summed E-state index contributed by atoms with van der Waals surface area (Å²) in [4.78, 5) is 12.7. The average Bonchev–Trinajstić information content (AvgIpc) is 2.59. The van der Waals surface area contributed by atoms with Crippen molar-refractivity contribution >= 4 is 11.4 Å². The van der Waals surface area contributed by atoms with Gasteiger partial charge < -0.3 is 9.84 Å². The Balaban J connectivity index is 2.54. The van der Waals surface area contributed by atoms with Gasteiger partial charge in [0, 0.05) is 25.8 Å². The van der Waals surface area contributed by atoms with Crippen LogP contribution in [0.4, 0.5) is 11.4 Å². The highest BCUT2D eigenvalue weighted by Gasteiger charge is 2.19. The molecule has 0 amide bonds. The van der Waals surface area contributed by atoms with E-state index < -0.39 is 5.56 Å². The van der Waals surface area contributed by atoms with E-state index in [4.69, 9.17) is 4.74 Å². The third kappa shape index (κ3) is 3.92. The van der Waals surface area contributed by atoms with Crippen molar-refractivity contribution in [3.63, 3.8) is 0 Å². The number of hydrogen-bond donors (Lipinski definition) is 1. The lowest BCUT2D eigenvalue weighted by molar-refractivity contribution is 0.188. The summed E-state index contributed by atoms with van der Waals surface area (Å²) in [5, 5.41) is 27.8. The summed E-state index contributed by atoms with van der Waals surface area (Å²) in [5.41, 5.74) is 1.46. The molecule has 0 radical (unpaired) electrons. The fraction of sp³-hybridized carbons (Fsp3) is 0.333. The molecular weight excluding hydrogens is 320 g/mol. The third-order valence-corrected chi connectivity index (χ3v) is 3.87. The molecule has 0 aliphatic rings. The Labute approximate surface area is 145 Å². The highest BCUT2D eigenvalue weighted by molar-refractivity contribution is 5.57. The van der Waals surface area contributed by atoms with Crippen molar-refractivity contribution in [3.8, 4) is 11.9 Å². The number of aromatic nitrogens is 1. The zero-order chi connectivity index (χ0) is 18.4. The maximum Gasteiger partial charge on any atom is 0.281 e. The zero-order valence-electron chi connectivity index (χ0n) is 14.5. The van der Waals surface area contributed by atoms with Gasteiger partial charge in [0.2, 0.25) is 5.88 Å². The Hall–Kier alpha value is -2.98. The summed E-state index contributed by atoms with van der Waals surface area (Å²) in [6, 6.07) is 9.32. The van der Waals surface area contributed by atoms with Gasteiger partial charge in [0.05, 0.1) is 5.69 Å². The second kappa shape index (κ2) is 8.22. The van der Waals surface area contributed by atoms with Crippen LogP contribution in [-0.2, 0) is 11.3 Å². The van der Waals surface area contributed by atoms with Gasteiger partial charge in [-0.15, -0.1) is 5.11 Å². The van der Waals surface area contributed by atoms with Crippen molar-refractivity contribution in [1.82, 2.24) is 4.57 Å². The molecule has 1 N–H and O–H groups in total. The normalized spacial score (nSPS) is 11.0. The molecule has 7 nitrogen and oxygen atoms in total. The second-order valence-electron chi connectivity index (χ2n) is 5.57. The maximum absolute atomic E-state index is 12.7. The molecule has 1 aromatic heterocycles. The quantitative estimate of drug-likeness (QED) is 0.642. The van der Waals surface area contributed by atoms with Crippen molar-refractivity contribution in [2.75, 3.05) is 13.7 Å². The molecular formula is C18H20N4O3. The largest absolute Gasteiger partial charge is 0.493 e. The van der Waals surface area contributed by atoms with Crippen molar-refractivity contribution in [2.24, 2.45) is 10.2 Å². The number of methoxy groups -OCH3 is 1. The molecule has 130 valence electrons. The molecule has 0 aliphatic carbocycles. The molecule has 1 heterocycles. The number of nitriles is 1. The molecule has 0 unspecified atom stereocenters. The fourth-order valence-corrected chi connectivity index (χ4v) is 2.41. The van der Waals surface area contributed by atoms with E-state index >= 15 is 0 Å². The number of aryl methyl sites for hydroxylation is 1. The maximum atomic E-state index is 12.7. The molecule has 0 fully saturated rings. The van der Waals surface area contributed by atoms with Crippen molar-refractivity contribution in [2.45, 2.75) is 26.8 Å². The molecule has 0 spiro atoms. The van der Waals surface area contributed by atoms with E-state index in [0.717, 1.165) is 10.1 Å². The molecule has 7 heteroatoms. The molecule has 0 saturated heterocycles. The van der Waals surface area contributed by atoms with Crippen LogP contribution in [0.1, 0.15) is 23.1 Å². The Morgan fingerprint density at radius 3 is 2.64 bits per heavy atom. The smallest absolute Gasteiger partial charge is 0.281 e. The minimum Gasteiger partial charge on any atom is -0.493 e. The van der Waals surface area contributed by atoms with Crippen molar-refractivity contribution < 1.29 is 9.84 Å². The van der Waals surface area contributed by atoms with Gasteiger partial charge in [-0.3, -0.25) is 9.36 Å². The van der Waals surface area contributed by atoms with Crippen molar-refractivity contribution in [1.29, 1.82) is 5.26 Å². The van der Waals surface area contributed by atoms with Crippen LogP contribution in [-0.4, -0.2) is 23.4 Å². The van der Waals surface area contributed by atoms with E-state index in [2.05, 4.69) is 10.2 Å². The summed E-state index contributed by atoms with van der Waals surface area (Å²) < 4.78 is 6.10. The molecule has 0 aliphatic heterocycles. The molecule has 1 aromatic carbocycles. The second-order valence-corrected chi connectivity index (χ2v) is 5.57. The molecule has 2 rings (SSSR count). The number of hydrogen-bond acceptors (Lipinski definition) is 6. The van der Waals surface area contributed by atoms with Gasteiger partial charge in [0.15, 0.2) is 5.69 Å². The first-order chi connectivity index (χ1) is 12.0. The minimum absolute atomic E-state index is 0.0238. The van der Waals surface area contributed by atoms with E-state index in [-0.39, 0.29) is 23.7 Å². The highest BCUT2D eigenvalue weighted by Crippen LogP contribution is 2.27. The lowest BCUT2D eigenvalue weighted by Gasteiger charge is -2.12. The molecule has 0 bridgehead atoms. The van der Waals surface area contributed by atoms with Gasteiger partial charge in [-0.25, -0.2) is 0 Å². The predicted molar refractivity (Wildman–Crippen MR) is 93.7 cm³/mol. The SMILES string of the molecule is COCCCn1c(O)c(C#N)c(C)c(N=Nc2ccccc2C)c1=O. The number of ether oxygens (including phenoxy) is 1. The summed E-state index contributed by atoms with van der Waals surface area (Å²) in [6.45, 7) is 4.12. The van der Waals surface area contributed by atoms with Crippen LogP contribution >= 0.6 is 0 Å². The van der Waals surface area contributed by atoms with Gasteiger partial charge >= 0.3 is 0 Å². The van der Waals surface area contributed by atoms with Gasteiger partial charge in [-0.1, -0.05) is 18.2 Å². The average molecular weight is 340 g/mol. The predicted octanol–water partition coefficient (Wildman–Crippen LogP) is 3.49. The van der Waals surface area contributed by atoms with Crippen LogP contribution in [0.3, 0.4) is 0 Å².